The molecule has 9 heteroatoms. The molecule has 3 heterocycles. The molecule has 0 radical (unpaired) electrons. The van der Waals surface area contributed by atoms with Gasteiger partial charge in [0, 0.05) is 30.3 Å². The molecular formula is C23H27N5O4. The van der Waals surface area contributed by atoms with E-state index in [4.69, 9.17) is 4.74 Å². The molecule has 0 unspecified atom stereocenters. The van der Waals surface area contributed by atoms with E-state index in [2.05, 4.69) is 20.4 Å². The molecule has 0 atom stereocenters. The number of aromatic nitrogens is 4. The van der Waals surface area contributed by atoms with Crippen molar-refractivity contribution in [1.82, 2.24) is 19.7 Å². The molecule has 168 valence electrons. The van der Waals surface area contributed by atoms with Crippen LogP contribution in [0.1, 0.15) is 65.5 Å². The molecule has 3 aromatic rings. The second kappa shape index (κ2) is 8.78. The second-order valence-electron chi connectivity index (χ2n) is 8.52. The summed E-state index contributed by atoms with van der Waals surface area (Å²) in [5.74, 6) is -0.217. The number of carbonyl (C=O) groups excluding carboxylic acids is 3. The van der Waals surface area contributed by atoms with E-state index in [9.17, 15) is 14.4 Å². The highest BCUT2D eigenvalue weighted by atomic mass is 16.5. The first-order valence-electron chi connectivity index (χ1n) is 10.2. The zero-order valence-electron chi connectivity index (χ0n) is 19.1. The Labute approximate surface area is 186 Å². The predicted octanol–water partition coefficient (Wildman–Crippen LogP) is 3.37. The lowest BCUT2D eigenvalue weighted by atomic mass is 9.92. The van der Waals surface area contributed by atoms with Gasteiger partial charge in [0.15, 0.2) is 11.6 Å². The zero-order chi connectivity index (χ0) is 23.6. The summed E-state index contributed by atoms with van der Waals surface area (Å²) in [5, 5.41) is 7.48. The molecule has 3 rings (SSSR count). The van der Waals surface area contributed by atoms with Crippen molar-refractivity contribution in [2.75, 3.05) is 12.4 Å². The van der Waals surface area contributed by atoms with Crippen LogP contribution in [0.25, 0.3) is 5.82 Å². The van der Waals surface area contributed by atoms with Gasteiger partial charge in [-0.3, -0.25) is 9.59 Å². The van der Waals surface area contributed by atoms with Gasteiger partial charge in [-0.15, -0.1) is 0 Å². The molecular weight excluding hydrogens is 410 g/mol. The maximum Gasteiger partial charge on any atom is 0.339 e. The molecule has 3 aromatic heterocycles. The molecule has 0 fully saturated rings. The Morgan fingerprint density at radius 3 is 2.50 bits per heavy atom. The number of aromatic amines is 1. The molecule has 9 nitrogen and oxygen atoms in total. The number of anilines is 1. The van der Waals surface area contributed by atoms with Gasteiger partial charge in [0.2, 0.25) is 5.91 Å². The highest BCUT2D eigenvalue weighted by Gasteiger charge is 2.26. The molecule has 32 heavy (non-hydrogen) atoms. The van der Waals surface area contributed by atoms with E-state index in [1.165, 1.54) is 14.0 Å². The number of ketones is 1. The summed E-state index contributed by atoms with van der Waals surface area (Å²) >= 11 is 0. The van der Waals surface area contributed by atoms with Crippen molar-refractivity contribution in [3.05, 3.63) is 58.7 Å². The summed E-state index contributed by atoms with van der Waals surface area (Å²) in [6, 6.07) is 7.22. The van der Waals surface area contributed by atoms with E-state index in [0.29, 0.717) is 22.9 Å². The number of rotatable bonds is 6. The van der Waals surface area contributed by atoms with Crippen LogP contribution in [0.2, 0.25) is 0 Å². The Morgan fingerprint density at radius 1 is 1.22 bits per heavy atom. The smallest absolute Gasteiger partial charge is 0.339 e. The fourth-order valence-electron chi connectivity index (χ4n) is 3.36. The van der Waals surface area contributed by atoms with Crippen molar-refractivity contribution in [2.45, 2.75) is 46.5 Å². The Hall–Kier alpha value is -3.75. The zero-order valence-corrected chi connectivity index (χ0v) is 19.1. The minimum atomic E-state index is -0.609. The first kappa shape index (κ1) is 22.9. The van der Waals surface area contributed by atoms with Gasteiger partial charge in [-0.05, 0) is 24.6 Å². The average molecular weight is 438 g/mol. The quantitative estimate of drug-likeness (QED) is 0.451. The number of methoxy groups -OCH3 is 1. The molecule has 0 aliphatic heterocycles. The molecule has 1 amide bonds. The topological polar surface area (TPSA) is 119 Å². The molecule has 2 N–H and O–H groups in total. The Bertz CT molecular complexity index is 1170. The number of nitrogens with one attached hydrogen (secondary N) is 2. The third-order valence-electron chi connectivity index (χ3n) is 5.02. The number of nitrogens with zero attached hydrogens (tertiary/aromatic N) is 3. The molecule has 0 aliphatic rings. The average Bonchev–Trinajstić information content (AvgIpc) is 3.29. The Kier molecular flexibility index (Phi) is 6.29. The van der Waals surface area contributed by atoms with Gasteiger partial charge >= 0.3 is 5.97 Å². The number of Topliss-reactive ketones (excluding diaryl/α,β-unsaturated/α-hetero) is 1. The van der Waals surface area contributed by atoms with Crippen LogP contribution in [-0.2, 0) is 21.4 Å². The molecule has 0 saturated heterocycles. The molecule has 0 spiro atoms. The number of H-pyrrole nitrogens is 1. The van der Waals surface area contributed by atoms with Gasteiger partial charge in [-0.25, -0.2) is 9.78 Å². The normalized spacial score (nSPS) is 11.3. The third kappa shape index (κ3) is 4.61. The highest BCUT2D eigenvalue weighted by molar-refractivity contribution is 6.02. The standard InChI is InChI=1S/C23H27N5O4/c1-13-20(22(31)32-6)15(25-21(13)14(2)29)11-19(30)26-18-12-16(23(3,4)5)27-28(18)17-9-7-8-10-24-17/h7-10,12,25H,11H2,1-6H3,(H,26,30). The van der Waals surface area contributed by atoms with Gasteiger partial charge in [0.25, 0.3) is 0 Å². The highest BCUT2D eigenvalue weighted by Crippen LogP contribution is 2.26. The Balaban J connectivity index is 1.95. The summed E-state index contributed by atoms with van der Waals surface area (Å²) in [4.78, 5) is 44.4. The van der Waals surface area contributed by atoms with Crippen LogP contribution >= 0.6 is 0 Å². The SMILES string of the molecule is COC(=O)c1c(CC(=O)Nc2cc(C(C)(C)C)nn2-c2ccccn2)[nH]c(C(C)=O)c1C. The van der Waals surface area contributed by atoms with E-state index < -0.39 is 5.97 Å². The first-order valence-corrected chi connectivity index (χ1v) is 10.2. The van der Waals surface area contributed by atoms with E-state index in [0.717, 1.165) is 5.69 Å². The lowest BCUT2D eigenvalue weighted by Crippen LogP contribution is -2.19. The second-order valence-corrected chi connectivity index (χ2v) is 8.52. The summed E-state index contributed by atoms with van der Waals surface area (Å²) < 4.78 is 6.41. The van der Waals surface area contributed by atoms with Gasteiger partial charge in [-0.1, -0.05) is 26.8 Å². The summed E-state index contributed by atoms with van der Waals surface area (Å²) in [6.45, 7) is 9.11. The van der Waals surface area contributed by atoms with Gasteiger partial charge < -0.3 is 15.0 Å². The molecule has 0 aromatic carbocycles. The van der Waals surface area contributed by atoms with E-state index in [-0.39, 0.29) is 34.8 Å². The van der Waals surface area contributed by atoms with Crippen LogP contribution in [0.3, 0.4) is 0 Å². The van der Waals surface area contributed by atoms with Crippen molar-refractivity contribution < 1.29 is 19.1 Å². The fourth-order valence-corrected chi connectivity index (χ4v) is 3.36. The predicted molar refractivity (Wildman–Crippen MR) is 119 cm³/mol. The first-order chi connectivity index (χ1) is 15.0. The number of esters is 1. The molecule has 0 saturated carbocycles. The monoisotopic (exact) mass is 437 g/mol. The van der Waals surface area contributed by atoms with Crippen LogP contribution in [0.15, 0.2) is 30.5 Å². The van der Waals surface area contributed by atoms with Gasteiger partial charge in [-0.2, -0.15) is 9.78 Å². The van der Waals surface area contributed by atoms with Gasteiger partial charge in [0.05, 0.1) is 30.5 Å². The molecule has 0 bridgehead atoms. The lowest BCUT2D eigenvalue weighted by Gasteiger charge is -2.13. The van der Waals surface area contributed by atoms with E-state index in [1.807, 2.05) is 26.8 Å². The van der Waals surface area contributed by atoms with Crippen LogP contribution in [0.4, 0.5) is 5.82 Å². The fraction of sp³-hybridized carbons (Fsp3) is 0.348. The van der Waals surface area contributed by atoms with Crippen LogP contribution < -0.4 is 5.32 Å². The van der Waals surface area contributed by atoms with Crippen molar-refractivity contribution in [3.63, 3.8) is 0 Å². The van der Waals surface area contributed by atoms with Crippen LogP contribution in [0.5, 0.6) is 0 Å². The summed E-state index contributed by atoms with van der Waals surface area (Å²) in [5.41, 5.74) is 1.79. The third-order valence-corrected chi connectivity index (χ3v) is 5.02. The summed E-state index contributed by atoms with van der Waals surface area (Å²) in [7, 11) is 1.26. The van der Waals surface area contributed by atoms with Crippen molar-refractivity contribution in [3.8, 4) is 5.82 Å². The summed E-state index contributed by atoms with van der Waals surface area (Å²) in [6.07, 6.45) is 1.49. The van der Waals surface area contributed by atoms with E-state index >= 15 is 0 Å². The van der Waals surface area contributed by atoms with Crippen molar-refractivity contribution in [2.24, 2.45) is 0 Å². The number of hydrogen-bond donors (Lipinski definition) is 2. The minimum Gasteiger partial charge on any atom is -0.465 e. The number of carbonyl (C=O) groups is 3. The van der Waals surface area contributed by atoms with Gasteiger partial charge in [0.1, 0.15) is 5.82 Å². The maximum atomic E-state index is 12.9. The minimum absolute atomic E-state index is 0.156. The number of amides is 1. The molecule has 0 aliphatic carbocycles. The largest absolute Gasteiger partial charge is 0.465 e. The Morgan fingerprint density at radius 2 is 1.94 bits per heavy atom. The van der Waals surface area contributed by atoms with E-state index in [1.54, 1.807) is 36.0 Å². The van der Waals surface area contributed by atoms with Crippen molar-refractivity contribution in [1.29, 1.82) is 0 Å². The lowest BCUT2D eigenvalue weighted by molar-refractivity contribution is -0.115. The number of ether oxygens (including phenoxy) is 1. The van der Waals surface area contributed by atoms with Crippen LogP contribution in [0, 0.1) is 6.92 Å². The number of hydrogen-bond acceptors (Lipinski definition) is 6. The maximum absolute atomic E-state index is 12.9. The number of pyridine rings is 1. The van der Waals surface area contributed by atoms with Crippen LogP contribution in [-0.4, -0.2) is 44.5 Å². The van der Waals surface area contributed by atoms with Crippen molar-refractivity contribution >= 4 is 23.5 Å².